The molecule has 0 spiro atoms. The van der Waals surface area contributed by atoms with Crippen LogP contribution in [-0.4, -0.2) is 31.7 Å². The van der Waals surface area contributed by atoms with Gasteiger partial charge in [-0.2, -0.15) is 0 Å². The van der Waals surface area contributed by atoms with E-state index in [0.29, 0.717) is 24.7 Å². The molecule has 6 nitrogen and oxygen atoms in total. The Hall–Kier alpha value is -2.50. The van der Waals surface area contributed by atoms with Crippen LogP contribution in [0.15, 0.2) is 24.3 Å². The van der Waals surface area contributed by atoms with Crippen LogP contribution in [-0.2, 0) is 14.3 Å². The zero-order valence-electron chi connectivity index (χ0n) is 12.1. The number of nitrogens with two attached hydrogens (primary N) is 1. The van der Waals surface area contributed by atoms with Crippen molar-refractivity contribution in [3.63, 3.8) is 0 Å². The van der Waals surface area contributed by atoms with Gasteiger partial charge in [0.1, 0.15) is 0 Å². The summed E-state index contributed by atoms with van der Waals surface area (Å²) in [7, 11) is 0. The molecule has 21 heavy (non-hydrogen) atoms. The number of ether oxygens (including phenoxy) is 3. The zero-order chi connectivity index (χ0) is 15.7. The Labute approximate surface area is 123 Å². The molecule has 0 saturated heterocycles. The van der Waals surface area contributed by atoms with Crippen molar-refractivity contribution in [2.45, 2.75) is 13.8 Å². The molecule has 114 valence electrons. The lowest BCUT2D eigenvalue weighted by molar-refractivity contribution is -0.142. The first kappa shape index (κ1) is 16.6. The van der Waals surface area contributed by atoms with Crippen LogP contribution in [0, 0.1) is 0 Å². The molecule has 1 amide bonds. The fourth-order valence-corrected chi connectivity index (χ4v) is 1.53. The number of carbonyl (C=O) groups is 2. The molecule has 0 saturated carbocycles. The molecule has 0 aromatic heterocycles. The summed E-state index contributed by atoms with van der Waals surface area (Å²) in [5.41, 5.74) is 5.62. The van der Waals surface area contributed by atoms with Gasteiger partial charge >= 0.3 is 5.97 Å². The fraction of sp³-hybridized carbons (Fsp3) is 0.333. The highest BCUT2D eigenvalue weighted by Crippen LogP contribution is 2.28. The molecule has 0 aliphatic carbocycles. The van der Waals surface area contributed by atoms with Crippen LogP contribution in [0.5, 0.6) is 11.5 Å². The maximum absolute atomic E-state index is 11.3. The first-order chi connectivity index (χ1) is 10.1. The molecule has 0 heterocycles. The second-order valence-electron chi connectivity index (χ2n) is 3.98. The quantitative estimate of drug-likeness (QED) is 0.580. The van der Waals surface area contributed by atoms with Gasteiger partial charge in [0, 0.05) is 6.08 Å². The summed E-state index contributed by atoms with van der Waals surface area (Å²) < 4.78 is 15.5. The largest absolute Gasteiger partial charge is 0.490 e. The second kappa shape index (κ2) is 8.63. The molecule has 0 aliphatic heterocycles. The molecule has 0 atom stereocenters. The molecular weight excluding hydrogens is 274 g/mol. The molecule has 1 rings (SSSR count). The zero-order valence-corrected chi connectivity index (χ0v) is 12.1. The van der Waals surface area contributed by atoms with Crippen LogP contribution >= 0.6 is 0 Å². The van der Waals surface area contributed by atoms with Crippen molar-refractivity contribution in [2.75, 3.05) is 19.8 Å². The van der Waals surface area contributed by atoms with Crippen LogP contribution in [0.1, 0.15) is 19.4 Å². The van der Waals surface area contributed by atoms with E-state index < -0.39 is 18.5 Å². The van der Waals surface area contributed by atoms with Gasteiger partial charge in [0.05, 0.1) is 13.2 Å². The van der Waals surface area contributed by atoms with E-state index >= 15 is 0 Å². The van der Waals surface area contributed by atoms with Crippen LogP contribution in [0.3, 0.4) is 0 Å². The minimum absolute atomic E-state index is 0.434. The third-order valence-electron chi connectivity index (χ3n) is 2.34. The van der Waals surface area contributed by atoms with E-state index in [2.05, 4.69) is 4.74 Å². The maximum Gasteiger partial charge on any atom is 0.331 e. The topological polar surface area (TPSA) is 87.9 Å². The standard InChI is InChI=1S/C15H19NO5/c1-3-19-12-7-5-11(9-13(12)20-4-2)6-8-15(18)21-10-14(16)17/h5-9H,3-4,10H2,1-2H3,(H2,16,17)/b8-6+. The second-order valence-corrected chi connectivity index (χ2v) is 3.98. The van der Waals surface area contributed by atoms with Crippen LogP contribution in [0.4, 0.5) is 0 Å². The smallest absolute Gasteiger partial charge is 0.331 e. The highest BCUT2D eigenvalue weighted by molar-refractivity contribution is 5.89. The summed E-state index contributed by atoms with van der Waals surface area (Å²) in [4.78, 5) is 21.8. The van der Waals surface area contributed by atoms with Gasteiger partial charge in [-0.25, -0.2) is 4.79 Å². The molecule has 0 aliphatic rings. The van der Waals surface area contributed by atoms with E-state index in [-0.39, 0.29) is 0 Å². The van der Waals surface area contributed by atoms with Gasteiger partial charge in [-0.15, -0.1) is 0 Å². The van der Waals surface area contributed by atoms with Crippen LogP contribution in [0.25, 0.3) is 6.08 Å². The Kier molecular flexibility index (Phi) is 6.80. The lowest BCUT2D eigenvalue weighted by atomic mass is 10.2. The summed E-state index contributed by atoms with van der Waals surface area (Å²) >= 11 is 0. The van der Waals surface area contributed by atoms with Crippen molar-refractivity contribution in [3.8, 4) is 11.5 Å². The third-order valence-corrected chi connectivity index (χ3v) is 2.34. The van der Waals surface area contributed by atoms with Crippen molar-refractivity contribution in [3.05, 3.63) is 29.8 Å². The van der Waals surface area contributed by atoms with Gasteiger partial charge in [-0.1, -0.05) is 6.07 Å². The number of primary amides is 1. The SMILES string of the molecule is CCOc1ccc(/C=C/C(=O)OCC(N)=O)cc1OCC. The van der Waals surface area contributed by atoms with E-state index in [9.17, 15) is 9.59 Å². The number of hydrogen-bond donors (Lipinski definition) is 1. The minimum atomic E-state index is -0.698. The number of carbonyl (C=O) groups excluding carboxylic acids is 2. The van der Waals surface area contributed by atoms with Gasteiger partial charge in [-0.05, 0) is 37.6 Å². The van der Waals surface area contributed by atoms with Crippen molar-refractivity contribution < 1.29 is 23.8 Å². The lowest BCUT2D eigenvalue weighted by Crippen LogP contribution is -2.19. The Morgan fingerprint density at radius 1 is 1.14 bits per heavy atom. The summed E-state index contributed by atoms with van der Waals surface area (Å²) in [6.45, 7) is 4.37. The van der Waals surface area contributed by atoms with E-state index in [4.69, 9.17) is 15.2 Å². The molecule has 0 bridgehead atoms. The summed E-state index contributed by atoms with van der Waals surface area (Å²) in [6, 6.07) is 5.31. The maximum atomic E-state index is 11.3. The Bertz CT molecular complexity index is 525. The Morgan fingerprint density at radius 2 is 1.81 bits per heavy atom. The monoisotopic (exact) mass is 293 g/mol. The molecule has 0 radical (unpaired) electrons. The first-order valence-electron chi connectivity index (χ1n) is 6.59. The molecule has 0 fully saturated rings. The fourth-order valence-electron chi connectivity index (χ4n) is 1.53. The summed E-state index contributed by atoms with van der Waals surface area (Å²) in [6.07, 6.45) is 2.77. The van der Waals surface area contributed by atoms with Gasteiger partial charge in [0.2, 0.25) is 0 Å². The first-order valence-corrected chi connectivity index (χ1v) is 6.59. The van der Waals surface area contributed by atoms with Crippen LogP contribution < -0.4 is 15.2 Å². The minimum Gasteiger partial charge on any atom is -0.490 e. The van der Waals surface area contributed by atoms with Gasteiger partial charge in [0.15, 0.2) is 18.1 Å². The van der Waals surface area contributed by atoms with E-state index in [1.165, 1.54) is 6.08 Å². The Balaban J connectivity index is 2.76. The highest BCUT2D eigenvalue weighted by atomic mass is 16.5. The van der Waals surface area contributed by atoms with Gasteiger partial charge < -0.3 is 19.9 Å². The number of hydrogen-bond acceptors (Lipinski definition) is 5. The molecule has 1 aromatic carbocycles. The van der Waals surface area contributed by atoms with E-state index in [1.54, 1.807) is 24.3 Å². The normalized spacial score (nSPS) is 10.4. The molecule has 0 unspecified atom stereocenters. The van der Waals surface area contributed by atoms with Crippen molar-refractivity contribution in [2.24, 2.45) is 5.73 Å². The average Bonchev–Trinajstić information content (AvgIpc) is 2.45. The van der Waals surface area contributed by atoms with Crippen LogP contribution in [0.2, 0.25) is 0 Å². The van der Waals surface area contributed by atoms with Crippen molar-refractivity contribution >= 4 is 18.0 Å². The molecular formula is C15H19NO5. The van der Waals surface area contributed by atoms with Gasteiger partial charge in [0.25, 0.3) is 5.91 Å². The predicted molar refractivity (Wildman–Crippen MR) is 78.0 cm³/mol. The average molecular weight is 293 g/mol. The third kappa shape index (κ3) is 5.99. The number of esters is 1. The van der Waals surface area contributed by atoms with E-state index in [1.807, 2.05) is 13.8 Å². The summed E-state index contributed by atoms with van der Waals surface area (Å²) in [5, 5.41) is 0. The molecule has 2 N–H and O–H groups in total. The molecule has 1 aromatic rings. The van der Waals surface area contributed by atoms with E-state index in [0.717, 1.165) is 5.56 Å². The number of benzene rings is 1. The van der Waals surface area contributed by atoms with Crippen molar-refractivity contribution in [1.29, 1.82) is 0 Å². The Morgan fingerprint density at radius 3 is 2.43 bits per heavy atom. The van der Waals surface area contributed by atoms with Crippen molar-refractivity contribution in [1.82, 2.24) is 0 Å². The van der Waals surface area contributed by atoms with Gasteiger partial charge in [-0.3, -0.25) is 4.79 Å². The lowest BCUT2D eigenvalue weighted by Gasteiger charge is -2.11. The summed E-state index contributed by atoms with van der Waals surface area (Å²) in [5.74, 6) is -0.0862. The predicted octanol–water partition coefficient (Wildman–Crippen LogP) is 1.53. The number of rotatable bonds is 8. The highest BCUT2D eigenvalue weighted by Gasteiger charge is 2.05. The number of amides is 1. The molecule has 6 heteroatoms.